The van der Waals surface area contributed by atoms with Crippen LogP contribution in [0.15, 0.2) is 56.7 Å². The van der Waals surface area contributed by atoms with Gasteiger partial charge in [0.25, 0.3) is 0 Å². The third kappa shape index (κ3) is 2.82. The van der Waals surface area contributed by atoms with Crippen LogP contribution < -0.4 is 5.32 Å². The molecule has 0 fully saturated rings. The standard InChI is InChI=1S/C19H18FNO4S/c1-24-11-17-19-15(7-8-21-17)16-10-14(5-6-18(16)25-19)26(22,23)13-4-2-3-12(20)9-13/h2-6,9-10,17,21H,7-8,11H2,1H3. The fraction of sp³-hybridized carbons (Fsp3) is 0.263. The van der Waals surface area contributed by atoms with Gasteiger partial charge < -0.3 is 14.5 Å². The molecule has 1 aromatic heterocycles. The Hall–Kier alpha value is -2.22. The van der Waals surface area contributed by atoms with Crippen molar-refractivity contribution in [3.05, 3.63) is 59.6 Å². The minimum absolute atomic E-state index is 0.0561. The molecule has 136 valence electrons. The lowest BCUT2D eigenvalue weighted by Crippen LogP contribution is -2.31. The number of nitrogens with one attached hydrogen (secondary N) is 1. The molecule has 7 heteroatoms. The Morgan fingerprint density at radius 1 is 1.23 bits per heavy atom. The number of methoxy groups -OCH3 is 1. The van der Waals surface area contributed by atoms with E-state index in [0.29, 0.717) is 12.2 Å². The number of rotatable bonds is 4. The van der Waals surface area contributed by atoms with Gasteiger partial charge in [0.2, 0.25) is 9.84 Å². The Bertz CT molecular complexity index is 1070. The van der Waals surface area contributed by atoms with E-state index in [2.05, 4.69) is 5.32 Å². The van der Waals surface area contributed by atoms with Crippen molar-refractivity contribution in [2.45, 2.75) is 22.3 Å². The number of hydrogen-bond donors (Lipinski definition) is 1. The molecule has 1 aliphatic rings. The van der Waals surface area contributed by atoms with Crippen molar-refractivity contribution in [2.24, 2.45) is 0 Å². The topological polar surface area (TPSA) is 68.5 Å². The summed E-state index contributed by atoms with van der Waals surface area (Å²) in [6.07, 6.45) is 0.742. The molecule has 5 nitrogen and oxygen atoms in total. The monoisotopic (exact) mass is 375 g/mol. The molecule has 0 radical (unpaired) electrons. The van der Waals surface area contributed by atoms with Gasteiger partial charge in [-0.2, -0.15) is 0 Å². The number of furan rings is 1. The van der Waals surface area contributed by atoms with E-state index in [1.54, 1.807) is 19.2 Å². The van der Waals surface area contributed by atoms with Gasteiger partial charge in [-0.25, -0.2) is 12.8 Å². The van der Waals surface area contributed by atoms with Crippen molar-refractivity contribution in [3.8, 4) is 0 Å². The van der Waals surface area contributed by atoms with Crippen molar-refractivity contribution < 1.29 is 22.0 Å². The molecule has 1 atom stereocenters. The second kappa shape index (κ2) is 6.50. The average molecular weight is 375 g/mol. The van der Waals surface area contributed by atoms with E-state index in [1.165, 1.54) is 24.3 Å². The lowest BCUT2D eigenvalue weighted by Gasteiger charge is -2.21. The van der Waals surface area contributed by atoms with Crippen LogP contribution in [0.3, 0.4) is 0 Å². The molecule has 0 bridgehead atoms. The first-order valence-electron chi connectivity index (χ1n) is 8.29. The summed E-state index contributed by atoms with van der Waals surface area (Å²) in [7, 11) is -2.18. The summed E-state index contributed by atoms with van der Waals surface area (Å²) in [5.74, 6) is 0.203. The van der Waals surface area contributed by atoms with E-state index < -0.39 is 15.7 Å². The molecule has 0 saturated carbocycles. The van der Waals surface area contributed by atoms with E-state index in [1.807, 2.05) is 0 Å². The van der Waals surface area contributed by atoms with Crippen LogP contribution in [0.1, 0.15) is 17.4 Å². The smallest absolute Gasteiger partial charge is 0.206 e. The zero-order valence-corrected chi connectivity index (χ0v) is 15.0. The molecule has 1 unspecified atom stereocenters. The minimum atomic E-state index is -3.80. The summed E-state index contributed by atoms with van der Waals surface area (Å²) in [6.45, 7) is 1.23. The van der Waals surface area contributed by atoms with E-state index in [0.717, 1.165) is 35.7 Å². The lowest BCUT2D eigenvalue weighted by molar-refractivity contribution is 0.154. The fourth-order valence-electron chi connectivity index (χ4n) is 3.39. The predicted octanol–water partition coefficient (Wildman–Crippen LogP) is 3.24. The molecule has 26 heavy (non-hydrogen) atoms. The maximum absolute atomic E-state index is 13.5. The molecule has 1 aliphatic heterocycles. The Balaban J connectivity index is 1.83. The molecule has 0 amide bonds. The molecular formula is C19H18FNO4S. The first-order chi connectivity index (χ1) is 12.5. The van der Waals surface area contributed by atoms with Crippen molar-refractivity contribution in [3.63, 3.8) is 0 Å². The molecule has 0 spiro atoms. The summed E-state index contributed by atoms with van der Waals surface area (Å²) in [4.78, 5) is 0.0640. The third-order valence-electron chi connectivity index (χ3n) is 4.63. The highest BCUT2D eigenvalue weighted by atomic mass is 32.2. The highest BCUT2D eigenvalue weighted by Crippen LogP contribution is 2.35. The summed E-state index contributed by atoms with van der Waals surface area (Å²) in [5, 5.41) is 4.11. The third-order valence-corrected chi connectivity index (χ3v) is 6.37. The van der Waals surface area contributed by atoms with Gasteiger partial charge in [0.1, 0.15) is 17.2 Å². The number of sulfone groups is 1. The second-order valence-corrected chi connectivity index (χ2v) is 8.23. The molecule has 2 aromatic carbocycles. The van der Waals surface area contributed by atoms with Crippen molar-refractivity contribution >= 4 is 20.8 Å². The van der Waals surface area contributed by atoms with E-state index >= 15 is 0 Å². The Kier molecular flexibility index (Phi) is 4.30. The Labute approximate surface area is 150 Å². The van der Waals surface area contributed by atoms with Gasteiger partial charge in [0.05, 0.1) is 22.4 Å². The summed E-state index contributed by atoms with van der Waals surface area (Å²) in [5.41, 5.74) is 1.63. The largest absolute Gasteiger partial charge is 0.459 e. The maximum Gasteiger partial charge on any atom is 0.206 e. The van der Waals surface area contributed by atoms with Crippen LogP contribution in [0.25, 0.3) is 11.0 Å². The van der Waals surface area contributed by atoms with Gasteiger partial charge in [-0.1, -0.05) is 6.07 Å². The first-order valence-corrected chi connectivity index (χ1v) is 9.77. The van der Waals surface area contributed by atoms with Gasteiger partial charge in [0, 0.05) is 24.6 Å². The van der Waals surface area contributed by atoms with E-state index in [-0.39, 0.29) is 15.8 Å². The quantitative estimate of drug-likeness (QED) is 0.758. The Morgan fingerprint density at radius 3 is 2.81 bits per heavy atom. The van der Waals surface area contributed by atoms with Crippen LogP contribution in [-0.2, 0) is 21.0 Å². The van der Waals surface area contributed by atoms with Crippen molar-refractivity contribution in [1.82, 2.24) is 5.32 Å². The molecular weight excluding hydrogens is 357 g/mol. The minimum Gasteiger partial charge on any atom is -0.459 e. The number of fused-ring (bicyclic) bond motifs is 3. The molecule has 0 saturated heterocycles. The van der Waals surface area contributed by atoms with Gasteiger partial charge >= 0.3 is 0 Å². The van der Waals surface area contributed by atoms with Crippen LogP contribution in [0.4, 0.5) is 4.39 Å². The van der Waals surface area contributed by atoms with Gasteiger partial charge in [-0.15, -0.1) is 0 Å². The maximum atomic E-state index is 13.5. The van der Waals surface area contributed by atoms with E-state index in [9.17, 15) is 12.8 Å². The van der Waals surface area contributed by atoms with Crippen molar-refractivity contribution in [2.75, 3.05) is 20.3 Å². The summed E-state index contributed by atoms with van der Waals surface area (Å²) < 4.78 is 50.4. The number of ether oxygens (including phenoxy) is 1. The molecule has 1 N–H and O–H groups in total. The Morgan fingerprint density at radius 2 is 2.04 bits per heavy atom. The zero-order chi connectivity index (χ0) is 18.3. The first kappa shape index (κ1) is 17.2. The van der Waals surface area contributed by atoms with Gasteiger partial charge in [-0.05, 0) is 42.8 Å². The van der Waals surface area contributed by atoms with Crippen LogP contribution in [0.2, 0.25) is 0 Å². The normalized spacial score (nSPS) is 17.4. The second-order valence-electron chi connectivity index (χ2n) is 6.28. The van der Waals surface area contributed by atoms with Gasteiger partial charge in [0.15, 0.2) is 0 Å². The average Bonchev–Trinajstić information content (AvgIpc) is 3.01. The van der Waals surface area contributed by atoms with Crippen LogP contribution in [-0.4, -0.2) is 28.7 Å². The molecule has 3 aromatic rings. The highest BCUT2D eigenvalue weighted by molar-refractivity contribution is 7.91. The van der Waals surface area contributed by atoms with Crippen LogP contribution >= 0.6 is 0 Å². The number of benzene rings is 2. The lowest BCUT2D eigenvalue weighted by atomic mass is 10.00. The molecule has 2 heterocycles. The fourth-order valence-corrected chi connectivity index (χ4v) is 4.71. The highest BCUT2D eigenvalue weighted by Gasteiger charge is 2.27. The number of halogens is 1. The molecule has 0 aliphatic carbocycles. The van der Waals surface area contributed by atoms with E-state index in [4.69, 9.17) is 9.15 Å². The van der Waals surface area contributed by atoms with Crippen LogP contribution in [0.5, 0.6) is 0 Å². The SMILES string of the molecule is COCC1NCCc2c1oc1ccc(S(=O)(=O)c3cccc(F)c3)cc21. The predicted molar refractivity (Wildman–Crippen MR) is 94.4 cm³/mol. The number of hydrogen-bond acceptors (Lipinski definition) is 5. The summed E-state index contributed by atoms with van der Waals surface area (Å²) in [6, 6.07) is 9.75. The van der Waals surface area contributed by atoms with Crippen LogP contribution in [0, 0.1) is 5.82 Å². The van der Waals surface area contributed by atoms with Gasteiger partial charge in [-0.3, -0.25) is 0 Å². The molecule has 4 rings (SSSR count). The van der Waals surface area contributed by atoms with Crippen molar-refractivity contribution in [1.29, 1.82) is 0 Å². The zero-order valence-electron chi connectivity index (χ0n) is 14.2. The summed E-state index contributed by atoms with van der Waals surface area (Å²) >= 11 is 0.